The van der Waals surface area contributed by atoms with Crippen molar-refractivity contribution in [2.24, 2.45) is 0 Å². The average Bonchev–Trinajstić information content (AvgIpc) is 2.45. The van der Waals surface area contributed by atoms with Gasteiger partial charge in [-0.15, -0.1) is 0 Å². The summed E-state index contributed by atoms with van der Waals surface area (Å²) in [5.74, 6) is -1.45. The van der Waals surface area contributed by atoms with E-state index in [1.54, 1.807) is 0 Å². The van der Waals surface area contributed by atoms with Crippen LogP contribution in [0.2, 0.25) is 0 Å². The number of benzene rings is 1. The van der Waals surface area contributed by atoms with E-state index in [4.69, 9.17) is 14.0 Å². The molecule has 0 spiro atoms. The molecule has 0 aliphatic rings. The van der Waals surface area contributed by atoms with Gasteiger partial charge < -0.3 is 9.47 Å². The van der Waals surface area contributed by atoms with E-state index in [0.717, 1.165) is 0 Å². The quantitative estimate of drug-likeness (QED) is 0.403. The third-order valence-corrected chi connectivity index (χ3v) is 3.69. The fourth-order valence-electron chi connectivity index (χ4n) is 1.35. The van der Waals surface area contributed by atoms with Crippen LogP contribution in [-0.2, 0) is 19.6 Å². The molecule has 0 fully saturated rings. The number of rotatable bonds is 7. The highest BCUT2D eigenvalue weighted by Gasteiger charge is 2.13. The summed E-state index contributed by atoms with van der Waals surface area (Å²) < 4.78 is 39.5. The van der Waals surface area contributed by atoms with Gasteiger partial charge in [-0.1, -0.05) is 12.7 Å². The van der Waals surface area contributed by atoms with Gasteiger partial charge in [0.25, 0.3) is 10.1 Å². The Kier molecular flexibility index (Phi) is 7.20. The molecule has 0 heterocycles. The number of carbonyl (C=O) groups is 2. The Morgan fingerprint density at radius 2 is 2.04 bits per heavy atom. The Labute approximate surface area is 141 Å². The Balaban J connectivity index is 2.66. The number of ether oxygens (including phenoxy) is 2. The Morgan fingerprint density at radius 3 is 2.61 bits per heavy atom. The number of anilines is 1. The normalized spacial score (nSPS) is 10.7. The predicted octanol–water partition coefficient (Wildman–Crippen LogP) is 2.23. The Hall–Kier alpha value is -1.91. The van der Waals surface area contributed by atoms with Crippen molar-refractivity contribution in [3.63, 3.8) is 0 Å². The summed E-state index contributed by atoms with van der Waals surface area (Å²) in [6.07, 6.45) is 0.731. The number of hydrogen-bond acceptors (Lipinski definition) is 6. The molecule has 0 bridgehead atoms. The lowest BCUT2D eigenvalue weighted by Gasteiger charge is -2.09. The highest BCUT2D eigenvalue weighted by atomic mass is 79.9. The molecule has 2 N–H and O–H groups in total. The van der Waals surface area contributed by atoms with Gasteiger partial charge in [-0.2, -0.15) is 8.42 Å². The van der Waals surface area contributed by atoms with E-state index in [0.29, 0.717) is 10.2 Å². The van der Waals surface area contributed by atoms with Crippen molar-refractivity contribution in [3.05, 3.63) is 40.9 Å². The van der Waals surface area contributed by atoms with Crippen molar-refractivity contribution in [1.82, 2.24) is 0 Å². The third-order valence-electron chi connectivity index (χ3n) is 2.35. The number of carbonyl (C=O) groups excluding carboxylic acids is 2. The lowest BCUT2D eigenvalue weighted by Crippen LogP contribution is -2.16. The van der Waals surface area contributed by atoms with E-state index in [1.807, 2.05) is 0 Å². The molecule has 1 rings (SSSR count). The maximum atomic E-state index is 11.7. The lowest BCUT2D eigenvalue weighted by atomic mass is 10.2. The van der Waals surface area contributed by atoms with E-state index in [-0.39, 0.29) is 12.2 Å². The molecule has 1 aromatic rings. The first-order valence-electron chi connectivity index (χ1n) is 6.19. The van der Waals surface area contributed by atoms with Crippen LogP contribution in [0.4, 0.5) is 10.5 Å². The topological polar surface area (TPSA) is 119 Å². The van der Waals surface area contributed by atoms with Crippen molar-refractivity contribution < 1.29 is 32.0 Å². The van der Waals surface area contributed by atoms with Crippen LogP contribution in [0.1, 0.15) is 10.4 Å². The second-order valence-electron chi connectivity index (χ2n) is 4.13. The van der Waals surface area contributed by atoms with E-state index in [2.05, 4.69) is 27.8 Å². The highest BCUT2D eigenvalue weighted by molar-refractivity contribution is 9.10. The minimum atomic E-state index is -4.19. The molecule has 8 nitrogen and oxygen atoms in total. The third kappa shape index (κ3) is 7.26. The number of hydrogen-bond donors (Lipinski definition) is 2. The number of nitrogens with one attached hydrogen (secondary N) is 1. The summed E-state index contributed by atoms with van der Waals surface area (Å²) in [4.78, 5) is 23.1. The highest BCUT2D eigenvalue weighted by Crippen LogP contribution is 2.24. The van der Waals surface area contributed by atoms with Gasteiger partial charge in [0.1, 0.15) is 19.0 Å². The molecule has 0 atom stereocenters. The SMILES string of the molecule is C=CCOC(=O)Nc1ccc(C(=O)OCCS(=O)(=O)O)cc1Br. The Morgan fingerprint density at radius 1 is 1.35 bits per heavy atom. The van der Waals surface area contributed by atoms with Crippen LogP contribution in [0, 0.1) is 0 Å². The molecule has 0 aliphatic carbocycles. The summed E-state index contributed by atoms with van der Waals surface area (Å²) in [6, 6.07) is 4.21. The summed E-state index contributed by atoms with van der Waals surface area (Å²) in [5.41, 5.74) is 0.505. The smallest absolute Gasteiger partial charge is 0.411 e. The largest absolute Gasteiger partial charge is 0.461 e. The van der Waals surface area contributed by atoms with Crippen molar-refractivity contribution in [2.45, 2.75) is 0 Å². The zero-order valence-electron chi connectivity index (χ0n) is 11.8. The van der Waals surface area contributed by atoms with Crippen molar-refractivity contribution in [2.75, 3.05) is 24.3 Å². The van der Waals surface area contributed by atoms with Gasteiger partial charge >= 0.3 is 12.1 Å². The molecule has 126 valence electrons. The van der Waals surface area contributed by atoms with Gasteiger partial charge in [-0.05, 0) is 34.1 Å². The van der Waals surface area contributed by atoms with Crippen LogP contribution in [0.15, 0.2) is 35.3 Å². The fourth-order valence-corrected chi connectivity index (χ4v) is 2.12. The molecular weight excluding hydrogens is 394 g/mol. The molecule has 1 amide bonds. The van der Waals surface area contributed by atoms with Gasteiger partial charge in [0, 0.05) is 4.47 Å². The molecule has 1 aromatic carbocycles. The molecule has 0 saturated carbocycles. The first kappa shape index (κ1) is 19.1. The van der Waals surface area contributed by atoms with E-state index in [1.165, 1.54) is 24.3 Å². The number of amides is 1. The first-order chi connectivity index (χ1) is 10.7. The van der Waals surface area contributed by atoms with Crippen molar-refractivity contribution in [3.8, 4) is 0 Å². The molecule has 0 aliphatic heterocycles. The van der Waals surface area contributed by atoms with Gasteiger partial charge in [-0.25, -0.2) is 9.59 Å². The molecule has 0 aromatic heterocycles. The van der Waals surface area contributed by atoms with Gasteiger partial charge in [0.05, 0.1) is 11.3 Å². The van der Waals surface area contributed by atoms with Crippen LogP contribution in [0.5, 0.6) is 0 Å². The molecule has 23 heavy (non-hydrogen) atoms. The summed E-state index contributed by atoms with van der Waals surface area (Å²) in [5, 5.41) is 2.45. The Bertz CT molecular complexity index is 702. The van der Waals surface area contributed by atoms with Gasteiger partial charge in [-0.3, -0.25) is 9.87 Å². The molecule has 0 saturated heterocycles. The zero-order chi connectivity index (χ0) is 17.5. The minimum absolute atomic E-state index is 0.0572. The van der Waals surface area contributed by atoms with E-state index >= 15 is 0 Å². The van der Waals surface area contributed by atoms with E-state index < -0.39 is 34.5 Å². The monoisotopic (exact) mass is 407 g/mol. The average molecular weight is 408 g/mol. The van der Waals surface area contributed by atoms with Crippen LogP contribution < -0.4 is 5.32 Å². The van der Waals surface area contributed by atoms with Crippen molar-refractivity contribution in [1.29, 1.82) is 0 Å². The zero-order valence-corrected chi connectivity index (χ0v) is 14.2. The van der Waals surface area contributed by atoms with E-state index in [9.17, 15) is 18.0 Å². The molecule has 0 unspecified atom stereocenters. The van der Waals surface area contributed by atoms with Gasteiger partial charge in [0.15, 0.2) is 0 Å². The number of esters is 1. The standard InChI is InChI=1S/C13H14BrNO7S/c1-2-5-22-13(17)15-11-4-3-9(8-10(11)14)12(16)21-6-7-23(18,19)20/h2-4,8H,1,5-7H2,(H,15,17)(H,18,19,20). The second kappa shape index (κ2) is 8.65. The first-order valence-corrected chi connectivity index (χ1v) is 8.59. The molecular formula is C13H14BrNO7S. The van der Waals surface area contributed by atoms with Crippen LogP contribution in [0.25, 0.3) is 0 Å². The summed E-state index contributed by atoms with van der Waals surface area (Å²) >= 11 is 3.18. The van der Waals surface area contributed by atoms with Crippen LogP contribution in [0.3, 0.4) is 0 Å². The molecule has 0 radical (unpaired) electrons. The van der Waals surface area contributed by atoms with Crippen molar-refractivity contribution >= 4 is 43.8 Å². The molecule has 10 heteroatoms. The summed E-state index contributed by atoms with van der Waals surface area (Å²) in [6.45, 7) is 3.00. The summed E-state index contributed by atoms with van der Waals surface area (Å²) in [7, 11) is -4.19. The maximum absolute atomic E-state index is 11.7. The van der Waals surface area contributed by atoms with Crippen LogP contribution >= 0.6 is 15.9 Å². The van der Waals surface area contributed by atoms with Gasteiger partial charge in [0.2, 0.25) is 0 Å². The predicted molar refractivity (Wildman–Crippen MR) is 86.0 cm³/mol. The van der Waals surface area contributed by atoms with Crippen LogP contribution in [-0.4, -0.2) is 44.0 Å². The fraction of sp³-hybridized carbons (Fsp3) is 0.231. The minimum Gasteiger partial charge on any atom is -0.461 e. The second-order valence-corrected chi connectivity index (χ2v) is 6.56. The number of halogens is 1. The lowest BCUT2D eigenvalue weighted by molar-refractivity contribution is 0.0528. The maximum Gasteiger partial charge on any atom is 0.411 e.